The lowest BCUT2D eigenvalue weighted by Crippen LogP contribution is -2.39. The summed E-state index contributed by atoms with van der Waals surface area (Å²) in [5.74, 6) is 1.75. The molecule has 2 aliphatic carbocycles. The molecular weight excluding hydrogens is 206 g/mol. The third-order valence-electron chi connectivity index (χ3n) is 3.25. The van der Waals surface area contributed by atoms with Crippen molar-refractivity contribution in [1.29, 1.82) is 0 Å². The molecule has 1 amide bonds. The van der Waals surface area contributed by atoms with Crippen LogP contribution in [0.4, 0.5) is 0 Å². The van der Waals surface area contributed by atoms with E-state index in [9.17, 15) is 4.79 Å². The van der Waals surface area contributed by atoms with E-state index in [1.165, 1.54) is 0 Å². The molecule has 0 bridgehead atoms. The molecule has 86 valence electrons. The Morgan fingerprint density at radius 2 is 2.31 bits per heavy atom. The molecule has 0 saturated heterocycles. The number of carbonyl (C=O) groups excluding carboxylic acids is 1. The Morgan fingerprint density at radius 3 is 2.81 bits per heavy atom. The summed E-state index contributed by atoms with van der Waals surface area (Å²) in [6.45, 7) is 1.80. The van der Waals surface area contributed by atoms with E-state index in [0.29, 0.717) is 18.1 Å². The molecule has 0 atom stereocenters. The second kappa shape index (κ2) is 3.30. The van der Waals surface area contributed by atoms with E-state index in [-0.39, 0.29) is 17.4 Å². The van der Waals surface area contributed by atoms with Gasteiger partial charge in [0.2, 0.25) is 11.8 Å². The molecule has 2 aliphatic rings. The molecule has 16 heavy (non-hydrogen) atoms. The molecule has 1 N–H and O–H groups in total. The smallest absolute Gasteiger partial charge is 0.228 e. The Morgan fingerprint density at radius 1 is 1.56 bits per heavy atom. The van der Waals surface area contributed by atoms with Gasteiger partial charge in [0, 0.05) is 11.5 Å². The standard InChI is InChI=1S/C11H15N3O2/c1-7-12-9(16-14-7)6-11(4-5-11)13-10(15)8-2-3-8/h8H,2-6H2,1H3,(H,13,15). The maximum Gasteiger partial charge on any atom is 0.228 e. The number of aromatic nitrogens is 2. The van der Waals surface area contributed by atoms with Gasteiger partial charge in [-0.2, -0.15) is 4.98 Å². The molecule has 3 rings (SSSR count). The number of rotatable bonds is 4. The normalized spacial score (nSPS) is 21.8. The van der Waals surface area contributed by atoms with Crippen molar-refractivity contribution in [3.63, 3.8) is 0 Å². The van der Waals surface area contributed by atoms with Gasteiger partial charge in [-0.05, 0) is 32.6 Å². The van der Waals surface area contributed by atoms with Crippen molar-refractivity contribution in [3.05, 3.63) is 11.7 Å². The maximum atomic E-state index is 11.7. The first-order valence-electron chi connectivity index (χ1n) is 5.78. The largest absolute Gasteiger partial charge is 0.350 e. The second-order valence-corrected chi connectivity index (χ2v) is 4.96. The molecule has 2 saturated carbocycles. The van der Waals surface area contributed by atoms with E-state index in [1.54, 1.807) is 6.92 Å². The molecule has 5 heteroatoms. The molecule has 2 fully saturated rings. The van der Waals surface area contributed by atoms with Crippen LogP contribution in [-0.4, -0.2) is 21.6 Å². The highest BCUT2D eigenvalue weighted by Crippen LogP contribution is 2.40. The van der Waals surface area contributed by atoms with Crippen LogP contribution in [0.3, 0.4) is 0 Å². The zero-order valence-electron chi connectivity index (χ0n) is 9.32. The first-order chi connectivity index (χ1) is 7.67. The molecule has 1 aromatic rings. The third-order valence-corrected chi connectivity index (χ3v) is 3.25. The van der Waals surface area contributed by atoms with Crippen LogP contribution in [0.2, 0.25) is 0 Å². The summed E-state index contributed by atoms with van der Waals surface area (Å²) in [7, 11) is 0. The maximum absolute atomic E-state index is 11.7. The number of hydrogen-bond acceptors (Lipinski definition) is 4. The van der Waals surface area contributed by atoms with Crippen LogP contribution in [0, 0.1) is 12.8 Å². The van der Waals surface area contributed by atoms with Gasteiger partial charge >= 0.3 is 0 Å². The molecule has 1 aromatic heterocycles. The molecule has 0 aliphatic heterocycles. The van der Waals surface area contributed by atoms with E-state index in [4.69, 9.17) is 4.52 Å². The molecule has 0 spiro atoms. The van der Waals surface area contributed by atoms with Gasteiger partial charge in [0.15, 0.2) is 5.82 Å². The fraction of sp³-hybridized carbons (Fsp3) is 0.727. The highest BCUT2D eigenvalue weighted by molar-refractivity contribution is 5.82. The van der Waals surface area contributed by atoms with E-state index >= 15 is 0 Å². The van der Waals surface area contributed by atoms with Crippen LogP contribution in [0.15, 0.2) is 4.52 Å². The zero-order chi connectivity index (χ0) is 11.2. The zero-order valence-corrected chi connectivity index (χ0v) is 9.32. The molecule has 0 unspecified atom stereocenters. The van der Waals surface area contributed by atoms with Crippen LogP contribution in [-0.2, 0) is 11.2 Å². The Hall–Kier alpha value is -1.39. The van der Waals surface area contributed by atoms with E-state index in [1.807, 2.05) is 0 Å². The first kappa shape index (κ1) is 9.81. The number of nitrogens with zero attached hydrogens (tertiary/aromatic N) is 2. The predicted octanol–water partition coefficient (Wildman–Crippen LogP) is 0.979. The third kappa shape index (κ3) is 1.94. The summed E-state index contributed by atoms with van der Waals surface area (Å²) in [6.07, 6.45) is 4.80. The van der Waals surface area contributed by atoms with Crippen LogP contribution in [0.5, 0.6) is 0 Å². The van der Waals surface area contributed by atoms with E-state index in [0.717, 1.165) is 25.7 Å². The molecular formula is C11H15N3O2. The minimum absolute atomic E-state index is 0.0847. The van der Waals surface area contributed by atoms with Crippen molar-refractivity contribution in [2.45, 2.75) is 44.6 Å². The van der Waals surface area contributed by atoms with Gasteiger partial charge in [0.1, 0.15) is 0 Å². The Bertz CT molecular complexity index is 419. The van der Waals surface area contributed by atoms with Crippen molar-refractivity contribution >= 4 is 5.91 Å². The van der Waals surface area contributed by atoms with E-state index < -0.39 is 0 Å². The monoisotopic (exact) mass is 221 g/mol. The summed E-state index contributed by atoms with van der Waals surface area (Å²) in [4.78, 5) is 15.9. The average Bonchev–Trinajstić information content (AvgIpc) is 3.10. The van der Waals surface area contributed by atoms with Crippen LogP contribution >= 0.6 is 0 Å². The van der Waals surface area contributed by atoms with Crippen LogP contribution in [0.25, 0.3) is 0 Å². The first-order valence-corrected chi connectivity index (χ1v) is 5.78. The van der Waals surface area contributed by atoms with E-state index in [2.05, 4.69) is 15.5 Å². The fourth-order valence-electron chi connectivity index (χ4n) is 1.91. The van der Waals surface area contributed by atoms with Gasteiger partial charge in [-0.15, -0.1) is 0 Å². The number of carbonyl (C=O) groups is 1. The summed E-state index contributed by atoms with van der Waals surface area (Å²) in [5.41, 5.74) is -0.0847. The number of nitrogens with one attached hydrogen (secondary N) is 1. The average molecular weight is 221 g/mol. The topological polar surface area (TPSA) is 68.0 Å². The van der Waals surface area contributed by atoms with Crippen molar-refractivity contribution in [2.75, 3.05) is 0 Å². The van der Waals surface area contributed by atoms with Crippen LogP contribution < -0.4 is 5.32 Å². The second-order valence-electron chi connectivity index (χ2n) is 4.96. The number of aryl methyl sites for hydroxylation is 1. The molecule has 0 aromatic carbocycles. The highest BCUT2D eigenvalue weighted by Gasteiger charge is 2.47. The highest BCUT2D eigenvalue weighted by atomic mass is 16.5. The van der Waals surface area contributed by atoms with Crippen LogP contribution in [0.1, 0.15) is 37.4 Å². The predicted molar refractivity (Wildman–Crippen MR) is 55.6 cm³/mol. The summed E-state index contributed by atoms with van der Waals surface area (Å²) in [6, 6.07) is 0. The van der Waals surface area contributed by atoms with Gasteiger partial charge in [0.05, 0.1) is 6.42 Å². The SMILES string of the molecule is Cc1noc(CC2(NC(=O)C3CC3)CC2)n1. The Balaban J connectivity index is 1.62. The van der Waals surface area contributed by atoms with Crippen molar-refractivity contribution in [1.82, 2.24) is 15.5 Å². The summed E-state index contributed by atoms with van der Waals surface area (Å²) in [5, 5.41) is 6.88. The molecule has 5 nitrogen and oxygen atoms in total. The van der Waals surface area contributed by atoms with Gasteiger partial charge < -0.3 is 9.84 Å². The Labute approximate surface area is 93.6 Å². The fourth-order valence-corrected chi connectivity index (χ4v) is 1.91. The molecule has 0 radical (unpaired) electrons. The minimum atomic E-state index is -0.0847. The number of hydrogen-bond donors (Lipinski definition) is 1. The quantitative estimate of drug-likeness (QED) is 0.822. The summed E-state index contributed by atoms with van der Waals surface area (Å²) >= 11 is 0. The van der Waals surface area contributed by atoms with Crippen molar-refractivity contribution in [3.8, 4) is 0 Å². The minimum Gasteiger partial charge on any atom is -0.350 e. The van der Waals surface area contributed by atoms with Gasteiger partial charge in [-0.1, -0.05) is 5.16 Å². The van der Waals surface area contributed by atoms with Gasteiger partial charge in [0.25, 0.3) is 0 Å². The van der Waals surface area contributed by atoms with Gasteiger partial charge in [-0.25, -0.2) is 0 Å². The lowest BCUT2D eigenvalue weighted by molar-refractivity contribution is -0.123. The Kier molecular flexibility index (Phi) is 2.02. The molecule has 1 heterocycles. The number of amides is 1. The van der Waals surface area contributed by atoms with Gasteiger partial charge in [-0.3, -0.25) is 4.79 Å². The van der Waals surface area contributed by atoms with Crippen molar-refractivity contribution in [2.24, 2.45) is 5.92 Å². The lowest BCUT2D eigenvalue weighted by atomic mass is 10.1. The lowest BCUT2D eigenvalue weighted by Gasteiger charge is -2.14. The summed E-state index contributed by atoms with van der Waals surface area (Å²) < 4.78 is 5.09. The van der Waals surface area contributed by atoms with Crippen molar-refractivity contribution < 1.29 is 9.32 Å².